The van der Waals surface area contributed by atoms with E-state index in [4.69, 9.17) is 0 Å². The molecule has 0 N–H and O–H groups in total. The Kier molecular flexibility index (Phi) is 9.97. The Morgan fingerprint density at radius 1 is 0.197 bits per heavy atom. The first-order chi connectivity index (χ1) is 32.8. The van der Waals surface area contributed by atoms with Gasteiger partial charge in [0.15, 0.2) is 0 Å². The van der Waals surface area contributed by atoms with Crippen molar-refractivity contribution in [3.63, 3.8) is 0 Å². The van der Waals surface area contributed by atoms with Crippen LogP contribution < -0.4 is 0 Å². The van der Waals surface area contributed by atoms with E-state index < -0.39 is 0 Å². The predicted octanol–water partition coefficient (Wildman–Crippen LogP) is 18.5. The summed E-state index contributed by atoms with van der Waals surface area (Å²) in [5.74, 6) is 0. The molecule has 0 atom stereocenters. The molecule has 0 aliphatic heterocycles. The summed E-state index contributed by atoms with van der Waals surface area (Å²) in [6, 6.07) is 93.0. The first kappa shape index (κ1) is 39.0. The van der Waals surface area contributed by atoms with Crippen LogP contribution >= 0.6 is 0 Å². The monoisotopic (exact) mass is 836 g/mol. The summed E-state index contributed by atoms with van der Waals surface area (Å²) < 4.78 is 0. The molecule has 0 spiro atoms. The van der Waals surface area contributed by atoms with Crippen molar-refractivity contribution in [3.8, 4) is 66.8 Å². The van der Waals surface area contributed by atoms with Crippen molar-refractivity contribution in [1.29, 1.82) is 0 Å². The van der Waals surface area contributed by atoms with Crippen molar-refractivity contribution in [2.75, 3.05) is 0 Å². The summed E-state index contributed by atoms with van der Waals surface area (Å²) in [5.41, 5.74) is 17.1. The van der Waals surface area contributed by atoms with Crippen LogP contribution in [0.5, 0.6) is 0 Å². The van der Waals surface area contributed by atoms with Crippen molar-refractivity contribution in [3.05, 3.63) is 266 Å². The Hall–Kier alpha value is -8.58. The van der Waals surface area contributed by atoms with Gasteiger partial charge in [-0.1, -0.05) is 255 Å². The van der Waals surface area contributed by atoms with Crippen LogP contribution in [0.25, 0.3) is 122 Å². The van der Waals surface area contributed by atoms with Crippen LogP contribution in [0, 0.1) is 0 Å². The summed E-state index contributed by atoms with van der Waals surface area (Å²) >= 11 is 0. The Morgan fingerprint density at radius 2 is 0.576 bits per heavy atom. The molecule has 0 aliphatic carbocycles. The molecule has 0 aliphatic rings. The lowest BCUT2D eigenvalue weighted by atomic mass is 9.83. The molecular weight excluding hydrogens is 793 g/mol. The third-order valence-corrected chi connectivity index (χ3v) is 13.2. The lowest BCUT2D eigenvalue weighted by Crippen LogP contribution is -1.93. The Balaban J connectivity index is 0.928. The van der Waals surface area contributed by atoms with Crippen LogP contribution in [0.15, 0.2) is 255 Å². The zero-order valence-corrected chi connectivity index (χ0v) is 36.4. The van der Waals surface area contributed by atoms with Gasteiger partial charge in [0.1, 0.15) is 0 Å². The topological polar surface area (TPSA) is 0 Å². The van der Waals surface area contributed by atoms with E-state index in [1.54, 1.807) is 0 Å². The summed E-state index contributed by atoms with van der Waals surface area (Å²) in [5, 5.41) is 10.1. The van der Waals surface area contributed by atoms with Gasteiger partial charge < -0.3 is 0 Å². The number of hydrogen-bond donors (Lipinski definition) is 0. The fourth-order valence-corrected chi connectivity index (χ4v) is 10.3. The minimum atomic E-state index is 1.15. The van der Waals surface area contributed by atoms with E-state index in [2.05, 4.69) is 267 Å². The second-order valence-electron chi connectivity index (χ2n) is 17.1. The van der Waals surface area contributed by atoms with Crippen LogP contribution in [-0.2, 0) is 0 Å². The number of hydrogen-bond acceptors (Lipinski definition) is 0. The third kappa shape index (κ3) is 6.97. The van der Waals surface area contributed by atoms with Gasteiger partial charge in [0, 0.05) is 0 Å². The minimum absolute atomic E-state index is 1.15. The van der Waals surface area contributed by atoms with Crippen LogP contribution in [-0.4, -0.2) is 0 Å². The van der Waals surface area contributed by atoms with Gasteiger partial charge in [-0.05, 0) is 133 Å². The lowest BCUT2D eigenvalue weighted by Gasteiger charge is -2.20. The second kappa shape index (κ2) is 16.8. The van der Waals surface area contributed by atoms with Crippen molar-refractivity contribution in [1.82, 2.24) is 0 Å². The van der Waals surface area contributed by atoms with Crippen LogP contribution in [0.4, 0.5) is 0 Å². The first-order valence-electron chi connectivity index (χ1n) is 22.8. The first-order valence-corrected chi connectivity index (χ1v) is 22.8. The van der Waals surface area contributed by atoms with Crippen LogP contribution in [0.2, 0.25) is 0 Å². The second-order valence-corrected chi connectivity index (χ2v) is 17.1. The average molecular weight is 837 g/mol. The van der Waals surface area contributed by atoms with Crippen molar-refractivity contribution < 1.29 is 0 Å². The van der Waals surface area contributed by atoms with Gasteiger partial charge >= 0.3 is 0 Å². The Bertz CT molecular complexity index is 3750. The molecule has 0 unspecified atom stereocenters. The SMILES string of the molecule is C(=Cc1cccc(-c2ccc3c(-c4ccccc4)c4ccccc4c(-c4ccccc4)c3c2)c1)c1ccc(-c2cccc3c(-c4ccccc4)c4ccccc4c(-c4ccccc4)c23)cc1. The average Bonchev–Trinajstić information content (AvgIpc) is 3.39. The molecule has 0 saturated carbocycles. The molecule has 0 nitrogen and oxygen atoms in total. The van der Waals surface area contributed by atoms with Gasteiger partial charge in [-0.15, -0.1) is 0 Å². The molecule has 0 bridgehead atoms. The standard InChI is InChI=1S/C66H44/c1-5-20-48(21-6-1)62-55-29-13-14-30-56(55)64(50-24-9-3-10-25-50)61-44-53(41-42-59(61)62)52-28-17-19-46(43-52)36-35-45-37-39-47(40-38-45)54-33-18-34-60-63(49-22-7-2-8-23-49)57-31-15-16-32-58(57)65(66(54)60)51-26-11-4-12-27-51/h1-44H. The maximum Gasteiger partial charge on any atom is -0.00141 e. The number of benzene rings is 12. The largest absolute Gasteiger partial charge is 0.0622 e. The van der Waals surface area contributed by atoms with Gasteiger partial charge in [0.05, 0.1) is 0 Å². The van der Waals surface area contributed by atoms with E-state index in [-0.39, 0.29) is 0 Å². The van der Waals surface area contributed by atoms with Crippen molar-refractivity contribution in [2.24, 2.45) is 0 Å². The van der Waals surface area contributed by atoms with E-state index in [1.165, 1.54) is 110 Å². The van der Waals surface area contributed by atoms with Gasteiger partial charge in [0.25, 0.3) is 0 Å². The van der Waals surface area contributed by atoms with E-state index >= 15 is 0 Å². The highest BCUT2D eigenvalue weighted by molar-refractivity contribution is 6.25. The molecule has 0 fully saturated rings. The predicted molar refractivity (Wildman–Crippen MR) is 284 cm³/mol. The molecule has 66 heavy (non-hydrogen) atoms. The van der Waals surface area contributed by atoms with Gasteiger partial charge in [-0.2, -0.15) is 0 Å². The minimum Gasteiger partial charge on any atom is -0.0622 e. The van der Waals surface area contributed by atoms with Crippen LogP contribution in [0.1, 0.15) is 11.1 Å². The quantitative estimate of drug-likeness (QED) is 0.106. The highest BCUT2D eigenvalue weighted by Crippen LogP contribution is 2.48. The fraction of sp³-hybridized carbons (Fsp3) is 0. The van der Waals surface area contributed by atoms with Gasteiger partial charge in [0.2, 0.25) is 0 Å². The van der Waals surface area contributed by atoms with Crippen molar-refractivity contribution in [2.45, 2.75) is 0 Å². The summed E-state index contributed by atoms with van der Waals surface area (Å²) in [7, 11) is 0. The Morgan fingerprint density at radius 3 is 1.14 bits per heavy atom. The Labute approximate surface area is 386 Å². The summed E-state index contributed by atoms with van der Waals surface area (Å²) in [6.07, 6.45) is 4.47. The molecule has 12 rings (SSSR count). The third-order valence-electron chi connectivity index (χ3n) is 13.2. The summed E-state index contributed by atoms with van der Waals surface area (Å²) in [6.45, 7) is 0. The maximum absolute atomic E-state index is 2.40. The molecular formula is C66H44. The molecule has 0 saturated heterocycles. The van der Waals surface area contributed by atoms with E-state index in [0.717, 1.165) is 11.1 Å². The molecule has 12 aromatic carbocycles. The van der Waals surface area contributed by atoms with Gasteiger partial charge in [-0.25, -0.2) is 0 Å². The zero-order chi connectivity index (χ0) is 43.8. The highest BCUT2D eigenvalue weighted by atomic mass is 14.2. The molecule has 0 amide bonds. The highest BCUT2D eigenvalue weighted by Gasteiger charge is 2.20. The molecule has 0 radical (unpaired) electrons. The van der Waals surface area contributed by atoms with Gasteiger partial charge in [-0.3, -0.25) is 0 Å². The molecule has 0 aromatic heterocycles. The smallest absolute Gasteiger partial charge is 0.00141 e. The molecule has 12 aromatic rings. The number of rotatable bonds is 8. The summed E-state index contributed by atoms with van der Waals surface area (Å²) in [4.78, 5) is 0. The molecule has 0 heteroatoms. The maximum atomic E-state index is 2.40. The van der Waals surface area contributed by atoms with E-state index in [9.17, 15) is 0 Å². The van der Waals surface area contributed by atoms with E-state index in [1.807, 2.05) is 0 Å². The van der Waals surface area contributed by atoms with E-state index in [0.29, 0.717) is 0 Å². The molecule has 308 valence electrons. The fourth-order valence-electron chi connectivity index (χ4n) is 10.3. The molecule has 0 heterocycles. The lowest BCUT2D eigenvalue weighted by molar-refractivity contribution is 1.60. The number of fused-ring (bicyclic) bond motifs is 4. The zero-order valence-electron chi connectivity index (χ0n) is 36.4. The normalized spacial score (nSPS) is 11.6. The van der Waals surface area contributed by atoms with Crippen LogP contribution in [0.3, 0.4) is 0 Å². The van der Waals surface area contributed by atoms with Crippen molar-refractivity contribution >= 4 is 55.2 Å².